The lowest BCUT2D eigenvalue weighted by Gasteiger charge is -2.10. The maximum absolute atomic E-state index is 9.18. The summed E-state index contributed by atoms with van der Waals surface area (Å²) >= 11 is 0. The minimum atomic E-state index is -0.651. The fraction of sp³-hybridized carbons (Fsp3) is 1.00. The van der Waals surface area contributed by atoms with Crippen LogP contribution in [0.4, 0.5) is 0 Å². The lowest BCUT2D eigenvalue weighted by atomic mass is 10.4. The Kier molecular flexibility index (Phi) is 8.88. The van der Waals surface area contributed by atoms with Crippen LogP contribution in [0.3, 0.4) is 0 Å². The maximum atomic E-state index is 9.18. The Labute approximate surface area is 74.7 Å². The second-order valence-corrected chi connectivity index (χ2v) is 2.73. The molecule has 0 fully saturated rings. The van der Waals surface area contributed by atoms with Gasteiger partial charge in [-0.05, 0) is 12.8 Å². The number of aliphatic hydroxyl groups excluding tert-OH is 1. The minimum Gasteiger partial charge on any atom is -0.381 e. The largest absolute Gasteiger partial charge is 0.381 e. The Morgan fingerprint density at radius 2 is 1.75 bits per heavy atom. The van der Waals surface area contributed by atoms with Crippen LogP contribution in [0, 0.1) is 0 Å². The third-order valence-electron chi connectivity index (χ3n) is 1.37. The Bertz CT molecular complexity index is 85.8. The Morgan fingerprint density at radius 1 is 1.08 bits per heavy atom. The minimum absolute atomic E-state index is 0.569. The third-order valence-corrected chi connectivity index (χ3v) is 1.37. The average molecular weight is 176 g/mol. The molecular formula is C9H20O3. The molecule has 12 heavy (non-hydrogen) atoms. The van der Waals surface area contributed by atoms with Crippen molar-refractivity contribution in [3.63, 3.8) is 0 Å². The summed E-state index contributed by atoms with van der Waals surface area (Å²) < 4.78 is 10.2. The number of ether oxygens (including phenoxy) is 2. The molecule has 0 saturated heterocycles. The highest BCUT2D eigenvalue weighted by Gasteiger charge is 2.01. The van der Waals surface area contributed by atoms with Gasteiger partial charge in [0.1, 0.15) is 0 Å². The van der Waals surface area contributed by atoms with Crippen LogP contribution >= 0.6 is 0 Å². The predicted octanol–water partition coefficient (Wildman–Crippen LogP) is 1.55. The molecule has 0 rings (SSSR count). The molecule has 0 saturated carbocycles. The summed E-state index contributed by atoms with van der Waals surface area (Å²) in [5.41, 5.74) is 0. The van der Waals surface area contributed by atoms with Crippen LogP contribution in [-0.2, 0) is 9.47 Å². The van der Waals surface area contributed by atoms with Gasteiger partial charge in [0.05, 0.1) is 6.61 Å². The summed E-state index contributed by atoms with van der Waals surface area (Å²) in [6, 6.07) is 0. The van der Waals surface area contributed by atoms with E-state index in [0.717, 1.165) is 19.4 Å². The van der Waals surface area contributed by atoms with Gasteiger partial charge in [0.15, 0.2) is 6.29 Å². The van der Waals surface area contributed by atoms with E-state index in [-0.39, 0.29) is 0 Å². The first kappa shape index (κ1) is 11.9. The second kappa shape index (κ2) is 8.97. The molecule has 0 aromatic heterocycles. The molecule has 0 aliphatic rings. The first-order valence-electron chi connectivity index (χ1n) is 4.68. The smallest absolute Gasteiger partial charge is 0.156 e. The quantitative estimate of drug-likeness (QED) is 0.450. The monoisotopic (exact) mass is 176 g/mol. The Balaban J connectivity index is 3.02. The highest BCUT2D eigenvalue weighted by molar-refractivity contribution is 4.41. The molecule has 0 aromatic rings. The molecule has 74 valence electrons. The van der Waals surface area contributed by atoms with E-state index in [1.807, 2.05) is 6.92 Å². The van der Waals surface area contributed by atoms with Gasteiger partial charge in [-0.15, -0.1) is 0 Å². The normalized spacial score (nSPS) is 13.2. The SMILES string of the molecule is CCCOCCC(O)OCCC. The zero-order chi connectivity index (χ0) is 9.23. The molecule has 1 N–H and O–H groups in total. The molecule has 0 amide bonds. The van der Waals surface area contributed by atoms with E-state index < -0.39 is 6.29 Å². The van der Waals surface area contributed by atoms with Gasteiger partial charge in [0, 0.05) is 19.6 Å². The van der Waals surface area contributed by atoms with Crippen LogP contribution in [0.1, 0.15) is 33.1 Å². The summed E-state index contributed by atoms with van der Waals surface area (Å²) in [6.07, 6.45) is 1.88. The van der Waals surface area contributed by atoms with Crippen molar-refractivity contribution in [3.8, 4) is 0 Å². The van der Waals surface area contributed by atoms with Crippen LogP contribution in [0.25, 0.3) is 0 Å². The molecular weight excluding hydrogens is 156 g/mol. The second-order valence-electron chi connectivity index (χ2n) is 2.73. The first-order chi connectivity index (χ1) is 5.81. The summed E-state index contributed by atoms with van der Waals surface area (Å²) in [5, 5.41) is 9.18. The summed E-state index contributed by atoms with van der Waals surface area (Å²) in [5.74, 6) is 0. The van der Waals surface area contributed by atoms with Gasteiger partial charge >= 0.3 is 0 Å². The Morgan fingerprint density at radius 3 is 2.33 bits per heavy atom. The fourth-order valence-corrected chi connectivity index (χ4v) is 0.768. The molecule has 0 spiro atoms. The van der Waals surface area contributed by atoms with E-state index >= 15 is 0 Å². The highest BCUT2D eigenvalue weighted by Crippen LogP contribution is 1.96. The third kappa shape index (κ3) is 7.98. The highest BCUT2D eigenvalue weighted by atomic mass is 16.6. The van der Waals surface area contributed by atoms with Crippen molar-refractivity contribution in [2.24, 2.45) is 0 Å². The predicted molar refractivity (Wildman–Crippen MR) is 48.0 cm³/mol. The van der Waals surface area contributed by atoms with E-state index in [2.05, 4.69) is 6.92 Å². The molecule has 3 heteroatoms. The van der Waals surface area contributed by atoms with Gasteiger partial charge in [-0.1, -0.05) is 13.8 Å². The maximum Gasteiger partial charge on any atom is 0.156 e. The molecule has 3 nitrogen and oxygen atoms in total. The van der Waals surface area contributed by atoms with Crippen molar-refractivity contribution in [1.29, 1.82) is 0 Å². The van der Waals surface area contributed by atoms with E-state index in [0.29, 0.717) is 19.6 Å². The number of hydrogen-bond acceptors (Lipinski definition) is 3. The van der Waals surface area contributed by atoms with Crippen LogP contribution in [-0.4, -0.2) is 31.2 Å². The van der Waals surface area contributed by atoms with Crippen LogP contribution < -0.4 is 0 Å². The van der Waals surface area contributed by atoms with E-state index in [9.17, 15) is 5.11 Å². The van der Waals surface area contributed by atoms with Crippen LogP contribution in [0.15, 0.2) is 0 Å². The van der Waals surface area contributed by atoms with Crippen molar-refractivity contribution < 1.29 is 14.6 Å². The van der Waals surface area contributed by atoms with Crippen molar-refractivity contribution >= 4 is 0 Å². The summed E-state index contributed by atoms with van der Waals surface area (Å²) in [7, 11) is 0. The van der Waals surface area contributed by atoms with Crippen molar-refractivity contribution in [3.05, 3.63) is 0 Å². The summed E-state index contributed by atoms with van der Waals surface area (Å²) in [6.45, 7) is 6.04. The number of aliphatic hydroxyl groups is 1. The molecule has 0 aromatic carbocycles. The van der Waals surface area contributed by atoms with Gasteiger partial charge in [-0.3, -0.25) is 0 Å². The Hall–Kier alpha value is -0.120. The molecule has 1 unspecified atom stereocenters. The average Bonchev–Trinajstić information content (AvgIpc) is 2.09. The summed E-state index contributed by atoms with van der Waals surface area (Å²) in [4.78, 5) is 0. The zero-order valence-corrected chi connectivity index (χ0v) is 8.08. The van der Waals surface area contributed by atoms with Gasteiger partial charge in [-0.25, -0.2) is 0 Å². The van der Waals surface area contributed by atoms with Gasteiger partial charge < -0.3 is 14.6 Å². The zero-order valence-electron chi connectivity index (χ0n) is 8.08. The molecule has 0 radical (unpaired) electrons. The molecule has 1 atom stereocenters. The van der Waals surface area contributed by atoms with E-state index in [1.54, 1.807) is 0 Å². The van der Waals surface area contributed by atoms with Crippen LogP contribution in [0.2, 0.25) is 0 Å². The molecule has 0 heterocycles. The molecule has 0 aliphatic carbocycles. The standard InChI is InChI=1S/C9H20O3/c1-3-6-11-8-5-9(10)12-7-4-2/h9-10H,3-8H2,1-2H3. The lowest BCUT2D eigenvalue weighted by molar-refractivity contribution is -0.112. The van der Waals surface area contributed by atoms with Crippen molar-refractivity contribution in [2.75, 3.05) is 19.8 Å². The molecule has 0 aliphatic heterocycles. The van der Waals surface area contributed by atoms with Crippen molar-refractivity contribution in [1.82, 2.24) is 0 Å². The topological polar surface area (TPSA) is 38.7 Å². The fourth-order valence-electron chi connectivity index (χ4n) is 0.768. The van der Waals surface area contributed by atoms with Gasteiger partial charge in [-0.2, -0.15) is 0 Å². The lowest BCUT2D eigenvalue weighted by Crippen LogP contribution is -2.15. The number of hydrogen-bond donors (Lipinski definition) is 1. The van der Waals surface area contributed by atoms with Gasteiger partial charge in [0.2, 0.25) is 0 Å². The van der Waals surface area contributed by atoms with E-state index in [1.165, 1.54) is 0 Å². The van der Waals surface area contributed by atoms with Gasteiger partial charge in [0.25, 0.3) is 0 Å². The van der Waals surface area contributed by atoms with Crippen molar-refractivity contribution in [2.45, 2.75) is 39.4 Å². The van der Waals surface area contributed by atoms with E-state index in [4.69, 9.17) is 9.47 Å². The van der Waals surface area contributed by atoms with Crippen LogP contribution in [0.5, 0.6) is 0 Å². The number of rotatable bonds is 8. The molecule has 0 bridgehead atoms. The first-order valence-corrected chi connectivity index (χ1v) is 4.68.